The minimum absolute atomic E-state index is 0.0566. The highest BCUT2D eigenvalue weighted by Gasteiger charge is 2.18. The molecule has 6 heteroatoms. The van der Waals surface area contributed by atoms with E-state index >= 15 is 0 Å². The van der Waals surface area contributed by atoms with Crippen LogP contribution in [-0.4, -0.2) is 62.2 Å². The Labute approximate surface area is 200 Å². The number of nitrogens with zero attached hydrogens (tertiary/aromatic N) is 2. The van der Waals surface area contributed by atoms with Gasteiger partial charge >= 0.3 is 0 Å². The maximum absolute atomic E-state index is 12.5. The second-order valence-electron chi connectivity index (χ2n) is 8.93. The Morgan fingerprint density at radius 3 is 2.62 bits per heavy atom. The summed E-state index contributed by atoms with van der Waals surface area (Å²) in [5, 5.41) is 6.66. The van der Waals surface area contributed by atoms with Gasteiger partial charge in [-0.25, -0.2) is 0 Å². The second-order valence-corrected chi connectivity index (χ2v) is 8.93. The number of anilines is 1. The smallest absolute Gasteiger partial charge is 0.267 e. The van der Waals surface area contributed by atoms with Crippen molar-refractivity contribution >= 4 is 33.3 Å². The van der Waals surface area contributed by atoms with Crippen LogP contribution in [0, 0.1) is 0 Å². The van der Waals surface area contributed by atoms with Crippen molar-refractivity contribution in [1.82, 2.24) is 15.2 Å². The summed E-state index contributed by atoms with van der Waals surface area (Å²) in [7, 11) is 1.65. The van der Waals surface area contributed by atoms with Crippen molar-refractivity contribution in [2.24, 2.45) is 0 Å². The monoisotopic (exact) mass is 456 g/mol. The van der Waals surface area contributed by atoms with Gasteiger partial charge in [0.1, 0.15) is 11.4 Å². The van der Waals surface area contributed by atoms with E-state index in [2.05, 4.69) is 62.6 Å². The van der Waals surface area contributed by atoms with E-state index in [0.29, 0.717) is 12.2 Å². The molecule has 4 aromatic rings. The molecule has 1 aliphatic heterocycles. The second kappa shape index (κ2) is 10.2. The summed E-state index contributed by atoms with van der Waals surface area (Å²) in [6.45, 7) is 6.02. The third kappa shape index (κ3) is 4.87. The number of hydrogen-bond acceptors (Lipinski definition) is 4. The molecule has 176 valence electrons. The zero-order valence-electron chi connectivity index (χ0n) is 19.7. The van der Waals surface area contributed by atoms with E-state index in [1.807, 2.05) is 24.3 Å². The van der Waals surface area contributed by atoms with Crippen molar-refractivity contribution in [2.45, 2.75) is 12.8 Å². The van der Waals surface area contributed by atoms with Crippen molar-refractivity contribution < 1.29 is 9.53 Å². The number of fused-ring (bicyclic) bond motifs is 2. The Morgan fingerprint density at radius 1 is 0.941 bits per heavy atom. The number of aromatic nitrogens is 1. The third-order valence-corrected chi connectivity index (χ3v) is 6.74. The predicted molar refractivity (Wildman–Crippen MR) is 139 cm³/mol. The van der Waals surface area contributed by atoms with Crippen LogP contribution in [0.2, 0.25) is 0 Å². The van der Waals surface area contributed by atoms with Crippen molar-refractivity contribution in [2.75, 3.05) is 51.3 Å². The number of hydrogen-bond donors (Lipinski definition) is 2. The fourth-order valence-electron chi connectivity index (χ4n) is 4.81. The minimum atomic E-state index is -0.0566. The first-order chi connectivity index (χ1) is 16.7. The molecule has 0 atom stereocenters. The fraction of sp³-hybridized carbons (Fsp3) is 0.321. The number of carbonyl (C=O) groups excluding carboxylic acids is 1. The molecule has 0 spiro atoms. The van der Waals surface area contributed by atoms with Crippen LogP contribution in [0.4, 0.5) is 5.69 Å². The number of carbonyl (C=O) groups is 1. The van der Waals surface area contributed by atoms with Crippen LogP contribution < -0.4 is 15.0 Å². The molecule has 0 aliphatic carbocycles. The highest BCUT2D eigenvalue weighted by atomic mass is 16.5. The van der Waals surface area contributed by atoms with Gasteiger partial charge in [-0.3, -0.25) is 9.69 Å². The maximum Gasteiger partial charge on any atom is 0.267 e. The van der Waals surface area contributed by atoms with Gasteiger partial charge in [-0.1, -0.05) is 36.4 Å². The molecule has 0 unspecified atom stereocenters. The molecule has 2 heterocycles. The average molecular weight is 457 g/mol. The van der Waals surface area contributed by atoms with Gasteiger partial charge in [0.05, 0.1) is 7.11 Å². The summed E-state index contributed by atoms with van der Waals surface area (Å²) in [6, 6.07) is 22.8. The number of ether oxygens (including phenoxy) is 1. The van der Waals surface area contributed by atoms with Gasteiger partial charge in [-0.2, -0.15) is 0 Å². The van der Waals surface area contributed by atoms with E-state index < -0.39 is 0 Å². The molecule has 1 aromatic heterocycles. The van der Waals surface area contributed by atoms with E-state index in [1.54, 1.807) is 7.11 Å². The van der Waals surface area contributed by atoms with Crippen LogP contribution in [0.5, 0.6) is 5.75 Å². The number of nitrogens with one attached hydrogen (secondary N) is 2. The molecule has 2 N–H and O–H groups in total. The van der Waals surface area contributed by atoms with Gasteiger partial charge in [0.15, 0.2) is 0 Å². The molecule has 6 nitrogen and oxygen atoms in total. The summed E-state index contributed by atoms with van der Waals surface area (Å²) < 4.78 is 5.26. The summed E-state index contributed by atoms with van der Waals surface area (Å²) in [5.41, 5.74) is 2.87. The van der Waals surface area contributed by atoms with Gasteiger partial charge < -0.3 is 19.9 Å². The number of piperazine rings is 1. The molecular formula is C28H32N4O2. The SMILES string of the molecule is COc1ccc2[nH]c(C(=O)NCCCCN3CCN(c4cccc5ccccc45)CC3)cc2c1. The van der Waals surface area contributed by atoms with E-state index in [1.165, 1.54) is 16.5 Å². The average Bonchev–Trinajstić information content (AvgIpc) is 3.32. The van der Waals surface area contributed by atoms with E-state index in [0.717, 1.165) is 62.2 Å². The number of H-pyrrole nitrogens is 1. The number of unbranched alkanes of at least 4 members (excludes halogenated alkanes) is 1. The van der Waals surface area contributed by atoms with E-state index in [4.69, 9.17) is 4.74 Å². The van der Waals surface area contributed by atoms with Crippen molar-refractivity contribution in [3.8, 4) is 5.75 Å². The van der Waals surface area contributed by atoms with Crippen molar-refractivity contribution in [3.05, 3.63) is 72.4 Å². The van der Waals surface area contributed by atoms with Crippen LogP contribution in [0.1, 0.15) is 23.3 Å². The summed E-state index contributed by atoms with van der Waals surface area (Å²) in [6.07, 6.45) is 2.06. The summed E-state index contributed by atoms with van der Waals surface area (Å²) >= 11 is 0. The lowest BCUT2D eigenvalue weighted by Gasteiger charge is -2.36. The van der Waals surface area contributed by atoms with Crippen molar-refractivity contribution in [3.63, 3.8) is 0 Å². The fourth-order valence-corrected chi connectivity index (χ4v) is 4.81. The number of methoxy groups -OCH3 is 1. The third-order valence-electron chi connectivity index (χ3n) is 6.74. The number of amides is 1. The Morgan fingerprint density at radius 2 is 1.76 bits per heavy atom. The normalized spacial score (nSPS) is 14.6. The molecule has 3 aromatic carbocycles. The highest BCUT2D eigenvalue weighted by Crippen LogP contribution is 2.27. The first kappa shape index (κ1) is 22.3. The van der Waals surface area contributed by atoms with Crippen LogP contribution >= 0.6 is 0 Å². The standard InChI is InChI=1S/C28H32N4O2/c1-34-23-11-12-25-22(19-23)20-26(30-25)28(33)29-13-4-5-14-31-15-17-32(18-16-31)27-10-6-8-21-7-2-3-9-24(21)27/h2-3,6-12,19-20,30H,4-5,13-18H2,1H3,(H,29,33). The predicted octanol–water partition coefficient (Wildman–Crippen LogP) is 4.66. The van der Waals surface area contributed by atoms with Gasteiger partial charge in [-0.15, -0.1) is 0 Å². The van der Waals surface area contributed by atoms with Crippen LogP contribution in [-0.2, 0) is 0 Å². The van der Waals surface area contributed by atoms with Gasteiger partial charge in [0.25, 0.3) is 5.91 Å². The molecule has 0 bridgehead atoms. The topological polar surface area (TPSA) is 60.6 Å². The Balaban J connectivity index is 1.04. The summed E-state index contributed by atoms with van der Waals surface area (Å²) in [5.74, 6) is 0.732. The largest absolute Gasteiger partial charge is 0.497 e. The molecule has 1 fully saturated rings. The Kier molecular flexibility index (Phi) is 6.67. The zero-order chi connectivity index (χ0) is 23.3. The van der Waals surface area contributed by atoms with Crippen molar-refractivity contribution in [1.29, 1.82) is 0 Å². The van der Waals surface area contributed by atoms with Gasteiger partial charge in [0.2, 0.25) is 0 Å². The number of benzene rings is 3. The molecule has 5 rings (SSSR count). The Hall–Kier alpha value is -3.51. The lowest BCUT2D eigenvalue weighted by atomic mass is 10.1. The summed E-state index contributed by atoms with van der Waals surface area (Å²) in [4.78, 5) is 20.7. The van der Waals surface area contributed by atoms with Crippen LogP contribution in [0.15, 0.2) is 66.7 Å². The lowest BCUT2D eigenvalue weighted by Crippen LogP contribution is -2.46. The lowest BCUT2D eigenvalue weighted by molar-refractivity contribution is 0.0948. The van der Waals surface area contributed by atoms with E-state index in [9.17, 15) is 4.79 Å². The van der Waals surface area contributed by atoms with Crippen LogP contribution in [0.25, 0.3) is 21.7 Å². The molecule has 1 aliphatic rings. The number of aromatic amines is 1. The molecule has 0 radical (unpaired) electrons. The maximum atomic E-state index is 12.5. The Bertz CT molecular complexity index is 1270. The first-order valence-electron chi connectivity index (χ1n) is 12.1. The van der Waals surface area contributed by atoms with E-state index in [-0.39, 0.29) is 5.91 Å². The molecule has 1 amide bonds. The van der Waals surface area contributed by atoms with Crippen LogP contribution in [0.3, 0.4) is 0 Å². The first-order valence-corrected chi connectivity index (χ1v) is 12.1. The minimum Gasteiger partial charge on any atom is -0.497 e. The highest BCUT2D eigenvalue weighted by molar-refractivity contribution is 5.98. The molecule has 1 saturated heterocycles. The van der Waals surface area contributed by atoms with Gasteiger partial charge in [0, 0.05) is 54.7 Å². The molecular weight excluding hydrogens is 424 g/mol. The molecule has 0 saturated carbocycles. The van der Waals surface area contributed by atoms with Gasteiger partial charge in [-0.05, 0) is 55.1 Å². The number of rotatable bonds is 8. The molecule has 34 heavy (non-hydrogen) atoms. The zero-order valence-corrected chi connectivity index (χ0v) is 19.7. The quantitative estimate of drug-likeness (QED) is 0.379.